The van der Waals surface area contributed by atoms with E-state index < -0.39 is 31.1 Å². The molecule has 5 N–H and O–H groups in total. The third-order valence-electron chi connectivity index (χ3n) is 4.42. The number of aliphatic hydroxyl groups is 3. The Hall–Kier alpha value is -2.37. The molecule has 25 heavy (non-hydrogen) atoms. The lowest BCUT2D eigenvalue weighted by molar-refractivity contribution is -0.609. The number of hydroxylamine groups is 1. The van der Waals surface area contributed by atoms with Gasteiger partial charge in [0, 0.05) is 0 Å². The summed E-state index contributed by atoms with van der Waals surface area (Å²) in [5.41, 5.74) is 1.76. The summed E-state index contributed by atoms with van der Waals surface area (Å²) in [6.45, 7) is -0.231. The number of nitrogens with one attached hydrogen (secondary N) is 1. The highest BCUT2D eigenvalue weighted by Crippen LogP contribution is 2.28. The summed E-state index contributed by atoms with van der Waals surface area (Å²) >= 11 is 0. The lowest BCUT2D eigenvalue weighted by Gasteiger charge is -2.25. The first kappa shape index (κ1) is 16.1. The number of hydrogen-bond donors (Lipinski definition) is 5. The predicted molar refractivity (Wildman–Crippen MR) is 82.9 cm³/mol. The van der Waals surface area contributed by atoms with Gasteiger partial charge in [-0.05, 0) is 17.1 Å². The lowest BCUT2D eigenvalue weighted by Crippen LogP contribution is -2.46. The zero-order chi connectivity index (χ0) is 17.6. The van der Waals surface area contributed by atoms with Gasteiger partial charge < -0.3 is 25.4 Å². The zero-order valence-electron chi connectivity index (χ0n) is 13.1. The fourth-order valence-corrected chi connectivity index (χ4v) is 3.12. The molecule has 2 aromatic heterocycles. The van der Waals surface area contributed by atoms with Gasteiger partial charge in [0.1, 0.15) is 24.9 Å². The third-order valence-corrected chi connectivity index (χ3v) is 4.42. The molecule has 0 radical (unpaired) electrons. The van der Waals surface area contributed by atoms with Crippen molar-refractivity contribution in [3.63, 3.8) is 0 Å². The average molecular weight is 348 g/mol. The molecule has 10 heteroatoms. The van der Waals surface area contributed by atoms with Gasteiger partial charge in [0.25, 0.3) is 0 Å². The normalized spacial score (nSPS) is 27.8. The van der Waals surface area contributed by atoms with Crippen LogP contribution in [-0.2, 0) is 11.3 Å². The Morgan fingerprint density at radius 3 is 2.96 bits per heavy atom. The molecular formula is C15H18N5O5+. The van der Waals surface area contributed by atoms with Gasteiger partial charge in [0.05, 0.1) is 24.7 Å². The molecule has 132 valence electrons. The molecule has 0 unspecified atom stereocenters. The van der Waals surface area contributed by atoms with Crippen molar-refractivity contribution in [1.82, 2.24) is 9.97 Å². The van der Waals surface area contributed by atoms with Crippen LogP contribution in [0.2, 0.25) is 0 Å². The minimum Gasteiger partial charge on any atom is -0.394 e. The second-order valence-corrected chi connectivity index (χ2v) is 5.93. The maximum Gasteiger partial charge on any atom is 0.357 e. The Morgan fingerprint density at radius 2 is 2.20 bits per heavy atom. The molecule has 4 atom stereocenters. The van der Waals surface area contributed by atoms with Crippen LogP contribution in [0.1, 0.15) is 5.69 Å². The van der Waals surface area contributed by atoms with Crippen molar-refractivity contribution >= 4 is 11.4 Å². The van der Waals surface area contributed by atoms with Crippen molar-refractivity contribution in [3.05, 3.63) is 36.5 Å². The zero-order valence-corrected chi connectivity index (χ0v) is 13.1. The van der Waals surface area contributed by atoms with Gasteiger partial charge in [0.2, 0.25) is 6.33 Å². The highest BCUT2D eigenvalue weighted by atomic mass is 16.6. The smallest absolute Gasteiger partial charge is 0.357 e. The maximum atomic E-state index is 10.2. The molecule has 1 saturated heterocycles. The van der Waals surface area contributed by atoms with Gasteiger partial charge in [-0.25, -0.2) is 10.0 Å². The summed E-state index contributed by atoms with van der Waals surface area (Å²) in [4.78, 5) is 8.12. The van der Waals surface area contributed by atoms with Gasteiger partial charge in [-0.15, -0.1) is 0 Å². The summed E-state index contributed by atoms with van der Waals surface area (Å²) < 4.78 is 7.25. The Bertz CT molecular complexity index is 791. The number of rotatable bonds is 3. The van der Waals surface area contributed by atoms with Crippen LogP contribution in [0.25, 0.3) is 5.82 Å². The molecule has 0 aliphatic carbocycles. The predicted octanol–water partition coefficient (Wildman–Crippen LogP) is -1.69. The van der Waals surface area contributed by atoms with Crippen LogP contribution in [0.4, 0.5) is 11.4 Å². The highest BCUT2D eigenvalue weighted by Gasteiger charge is 2.43. The van der Waals surface area contributed by atoms with Crippen molar-refractivity contribution in [3.8, 4) is 5.82 Å². The van der Waals surface area contributed by atoms with E-state index >= 15 is 0 Å². The van der Waals surface area contributed by atoms with E-state index in [9.17, 15) is 20.5 Å². The average Bonchev–Trinajstić information content (AvgIpc) is 2.90. The van der Waals surface area contributed by atoms with Crippen LogP contribution in [0.3, 0.4) is 0 Å². The SMILES string of the molecule is OC[C@H]1O[C@@H](Nc2ccc[n+]3c2CN(O)c2cncnc2-3)[C@H](O)[C@@H]1O. The minimum atomic E-state index is -1.19. The number of hydrogen-bond acceptors (Lipinski definition) is 9. The van der Waals surface area contributed by atoms with E-state index in [1.165, 1.54) is 12.5 Å². The number of pyridine rings is 1. The Kier molecular flexibility index (Phi) is 3.98. The van der Waals surface area contributed by atoms with Crippen LogP contribution >= 0.6 is 0 Å². The van der Waals surface area contributed by atoms with Crippen LogP contribution < -0.4 is 14.9 Å². The largest absolute Gasteiger partial charge is 0.394 e. The van der Waals surface area contributed by atoms with Crippen molar-refractivity contribution < 1.29 is 29.8 Å². The van der Waals surface area contributed by atoms with Gasteiger partial charge in [-0.3, -0.25) is 5.21 Å². The Balaban J connectivity index is 1.68. The van der Waals surface area contributed by atoms with Gasteiger partial charge in [-0.1, -0.05) is 0 Å². The number of fused-ring (bicyclic) bond motifs is 3. The van der Waals surface area contributed by atoms with Crippen LogP contribution in [0, 0.1) is 0 Å². The second-order valence-electron chi connectivity index (χ2n) is 5.93. The number of aromatic nitrogens is 3. The maximum absolute atomic E-state index is 10.2. The summed E-state index contributed by atoms with van der Waals surface area (Å²) in [6.07, 6.45) is 0.585. The molecular weight excluding hydrogens is 330 g/mol. The van der Waals surface area contributed by atoms with Crippen molar-refractivity contribution in [2.24, 2.45) is 0 Å². The van der Waals surface area contributed by atoms with E-state index in [0.29, 0.717) is 22.9 Å². The number of nitrogens with zero attached hydrogens (tertiary/aromatic N) is 4. The standard InChI is InChI=1S/C15H18N5O5/c21-6-11-12(22)13(23)15(25-11)18-8-2-1-3-19-10(8)5-20(24)9-4-16-7-17-14(9)19/h1-4,7,11-13,15,18,21-24H,5-6H2/q+1/t11-,12-,13-,15-/m1/s1. The highest BCUT2D eigenvalue weighted by molar-refractivity contribution is 5.57. The van der Waals surface area contributed by atoms with E-state index in [1.54, 1.807) is 22.9 Å². The first-order valence-corrected chi connectivity index (χ1v) is 7.79. The molecule has 0 aromatic carbocycles. The molecule has 0 amide bonds. The summed E-state index contributed by atoms with van der Waals surface area (Å²) in [6, 6.07) is 3.55. The number of aliphatic hydroxyl groups excluding tert-OH is 3. The summed E-state index contributed by atoms with van der Waals surface area (Å²) in [7, 11) is 0. The monoisotopic (exact) mass is 348 g/mol. The molecule has 0 saturated carbocycles. The number of ether oxygens (including phenoxy) is 1. The third kappa shape index (κ3) is 2.60. The van der Waals surface area contributed by atoms with Gasteiger partial charge >= 0.3 is 5.82 Å². The first-order chi connectivity index (χ1) is 12.1. The van der Waals surface area contributed by atoms with Crippen LogP contribution in [-0.4, -0.2) is 61.6 Å². The van der Waals surface area contributed by atoms with Crippen molar-refractivity contribution in [2.75, 3.05) is 17.0 Å². The Labute approximate surface area is 142 Å². The fourth-order valence-electron chi connectivity index (χ4n) is 3.12. The molecule has 10 nitrogen and oxygen atoms in total. The Morgan fingerprint density at radius 1 is 1.36 bits per heavy atom. The molecule has 2 aliphatic heterocycles. The molecule has 0 bridgehead atoms. The summed E-state index contributed by atoms with van der Waals surface area (Å²) in [5, 5.41) is 43.4. The molecule has 4 heterocycles. The van der Waals surface area contributed by atoms with E-state index in [4.69, 9.17) is 4.74 Å². The van der Waals surface area contributed by atoms with E-state index in [-0.39, 0.29) is 6.54 Å². The number of anilines is 2. The quantitative estimate of drug-likeness (QED) is 0.412. The molecule has 1 fully saturated rings. The van der Waals surface area contributed by atoms with E-state index in [2.05, 4.69) is 15.3 Å². The molecule has 2 aromatic rings. The van der Waals surface area contributed by atoms with Crippen LogP contribution in [0.5, 0.6) is 0 Å². The van der Waals surface area contributed by atoms with E-state index in [1.807, 2.05) is 0 Å². The molecule has 4 rings (SSSR count). The summed E-state index contributed by atoms with van der Waals surface area (Å²) in [5.74, 6) is 0.517. The van der Waals surface area contributed by atoms with Crippen LogP contribution in [0.15, 0.2) is 30.9 Å². The lowest BCUT2D eigenvalue weighted by atomic mass is 10.1. The van der Waals surface area contributed by atoms with Gasteiger partial charge in [-0.2, -0.15) is 4.57 Å². The first-order valence-electron chi connectivity index (χ1n) is 7.79. The second kappa shape index (κ2) is 6.17. The van der Waals surface area contributed by atoms with Gasteiger partial charge in [0.15, 0.2) is 17.6 Å². The van der Waals surface area contributed by atoms with E-state index in [0.717, 1.165) is 5.06 Å². The van der Waals surface area contributed by atoms with Crippen molar-refractivity contribution in [2.45, 2.75) is 31.1 Å². The minimum absolute atomic E-state index is 0.165. The molecule has 0 spiro atoms. The van der Waals surface area contributed by atoms with Crippen molar-refractivity contribution in [1.29, 1.82) is 0 Å². The topological polar surface area (TPSA) is 135 Å². The fraction of sp³-hybridized carbons (Fsp3) is 0.400. The molecule has 2 aliphatic rings.